The minimum Gasteiger partial charge on any atom is -0.414 e. The van der Waals surface area contributed by atoms with E-state index in [0.29, 0.717) is 28.2 Å². The molecule has 0 saturated carbocycles. The molecular weight excluding hydrogens is 387 g/mol. The number of hydrogen-bond acceptors (Lipinski definition) is 7. The topological polar surface area (TPSA) is 98.7 Å². The van der Waals surface area contributed by atoms with Crippen LogP contribution in [0.2, 0.25) is 10.0 Å². The van der Waals surface area contributed by atoms with Crippen molar-refractivity contribution in [1.29, 1.82) is 0 Å². The molecule has 1 atom stereocenters. The molecule has 2 aromatic heterocycles. The van der Waals surface area contributed by atoms with Gasteiger partial charge in [-0.1, -0.05) is 41.0 Å². The minimum absolute atomic E-state index is 0.259. The fourth-order valence-electron chi connectivity index (χ4n) is 1.84. The van der Waals surface area contributed by atoms with Crippen molar-refractivity contribution in [2.45, 2.75) is 23.9 Å². The van der Waals surface area contributed by atoms with Gasteiger partial charge in [0.2, 0.25) is 11.8 Å². The van der Waals surface area contributed by atoms with E-state index >= 15 is 0 Å². The molecule has 0 fully saturated rings. The summed E-state index contributed by atoms with van der Waals surface area (Å²) in [6.45, 7) is 2.03. The SMILES string of the molecule is CC(Sc1nnc(Cn2cncn2)o1)C(=O)Nc1cccc(Cl)c1Cl. The number of nitrogens with one attached hydrogen (secondary N) is 1. The van der Waals surface area contributed by atoms with Gasteiger partial charge in [-0.15, -0.1) is 10.2 Å². The second-order valence-electron chi connectivity index (χ2n) is 4.91. The molecule has 8 nitrogen and oxygen atoms in total. The molecule has 2 heterocycles. The van der Waals surface area contributed by atoms with Crippen molar-refractivity contribution < 1.29 is 9.21 Å². The van der Waals surface area contributed by atoms with Crippen molar-refractivity contribution in [3.05, 3.63) is 46.8 Å². The highest BCUT2D eigenvalue weighted by Crippen LogP contribution is 2.30. The molecule has 0 aliphatic carbocycles. The Kier molecular flexibility index (Phi) is 5.57. The molecule has 25 heavy (non-hydrogen) atoms. The van der Waals surface area contributed by atoms with Crippen LogP contribution in [0.5, 0.6) is 0 Å². The van der Waals surface area contributed by atoms with Gasteiger partial charge < -0.3 is 9.73 Å². The van der Waals surface area contributed by atoms with Gasteiger partial charge in [0.1, 0.15) is 19.2 Å². The van der Waals surface area contributed by atoms with Crippen molar-refractivity contribution >= 4 is 46.6 Å². The van der Waals surface area contributed by atoms with Gasteiger partial charge in [0.05, 0.1) is 21.0 Å². The first-order valence-electron chi connectivity index (χ1n) is 7.09. The number of benzene rings is 1. The number of aromatic nitrogens is 5. The van der Waals surface area contributed by atoms with Crippen molar-refractivity contribution in [2.24, 2.45) is 0 Å². The van der Waals surface area contributed by atoms with E-state index < -0.39 is 5.25 Å². The molecule has 130 valence electrons. The van der Waals surface area contributed by atoms with Crippen molar-refractivity contribution in [2.75, 3.05) is 5.32 Å². The highest BCUT2D eigenvalue weighted by molar-refractivity contribution is 8.00. The quantitative estimate of drug-likeness (QED) is 0.636. The summed E-state index contributed by atoms with van der Waals surface area (Å²) in [5.41, 5.74) is 0.448. The Morgan fingerprint density at radius 3 is 3.00 bits per heavy atom. The van der Waals surface area contributed by atoms with Crippen LogP contribution in [0.25, 0.3) is 0 Å². The van der Waals surface area contributed by atoms with Gasteiger partial charge in [-0.25, -0.2) is 9.67 Å². The third kappa shape index (κ3) is 4.50. The van der Waals surface area contributed by atoms with Crippen LogP contribution < -0.4 is 5.32 Å². The monoisotopic (exact) mass is 398 g/mol. The zero-order chi connectivity index (χ0) is 17.8. The Labute approximate surface area is 156 Å². The number of thioether (sulfide) groups is 1. The molecule has 1 N–H and O–H groups in total. The molecule has 11 heteroatoms. The first kappa shape index (κ1) is 17.7. The second-order valence-corrected chi connectivity index (χ2v) is 6.98. The lowest BCUT2D eigenvalue weighted by Crippen LogP contribution is -2.22. The van der Waals surface area contributed by atoms with Crippen LogP contribution in [0.4, 0.5) is 5.69 Å². The Hall–Kier alpha value is -2.10. The zero-order valence-electron chi connectivity index (χ0n) is 12.9. The summed E-state index contributed by atoms with van der Waals surface area (Å²) in [4.78, 5) is 16.1. The van der Waals surface area contributed by atoms with Gasteiger partial charge in [-0.3, -0.25) is 4.79 Å². The van der Waals surface area contributed by atoms with E-state index in [0.717, 1.165) is 11.8 Å². The molecule has 0 aliphatic rings. The van der Waals surface area contributed by atoms with Crippen LogP contribution >= 0.6 is 35.0 Å². The fourth-order valence-corrected chi connectivity index (χ4v) is 2.89. The van der Waals surface area contributed by atoms with Crippen LogP contribution in [0, 0.1) is 0 Å². The Bertz CT molecular complexity index is 870. The standard InChI is InChI=1S/C14H12Cl2N6O2S/c1-8(13(23)19-10-4-2-3-9(15)12(10)16)25-14-21-20-11(24-14)5-22-7-17-6-18-22/h2-4,6-8H,5H2,1H3,(H,19,23). The van der Waals surface area contributed by atoms with Crippen LogP contribution in [-0.2, 0) is 11.3 Å². The minimum atomic E-state index is -0.477. The Morgan fingerprint density at radius 1 is 1.40 bits per heavy atom. The van der Waals surface area contributed by atoms with Gasteiger partial charge in [0.25, 0.3) is 5.22 Å². The molecule has 0 bridgehead atoms. The van der Waals surface area contributed by atoms with E-state index in [4.69, 9.17) is 27.6 Å². The summed E-state index contributed by atoms with van der Waals surface area (Å²) in [6.07, 6.45) is 2.96. The first-order valence-corrected chi connectivity index (χ1v) is 8.73. The van der Waals surface area contributed by atoms with E-state index in [1.165, 1.54) is 6.33 Å². The second kappa shape index (κ2) is 7.85. The normalized spacial score (nSPS) is 12.1. The average molecular weight is 399 g/mol. The van der Waals surface area contributed by atoms with Crippen LogP contribution in [0.3, 0.4) is 0 Å². The lowest BCUT2D eigenvalue weighted by molar-refractivity contribution is -0.115. The van der Waals surface area contributed by atoms with Gasteiger partial charge in [0, 0.05) is 0 Å². The van der Waals surface area contributed by atoms with Crippen LogP contribution in [0.15, 0.2) is 40.5 Å². The number of carbonyl (C=O) groups is 1. The fraction of sp³-hybridized carbons (Fsp3) is 0.214. The molecule has 3 rings (SSSR count). The summed E-state index contributed by atoms with van der Waals surface area (Å²) < 4.78 is 7.05. The van der Waals surface area contributed by atoms with E-state index in [9.17, 15) is 4.79 Å². The number of amides is 1. The van der Waals surface area contributed by atoms with Gasteiger partial charge in [-0.2, -0.15) is 5.10 Å². The first-order chi connectivity index (χ1) is 12.0. The van der Waals surface area contributed by atoms with Gasteiger partial charge in [0.15, 0.2) is 0 Å². The number of carbonyl (C=O) groups excluding carboxylic acids is 1. The Morgan fingerprint density at radius 2 is 2.24 bits per heavy atom. The largest absolute Gasteiger partial charge is 0.414 e. The molecule has 1 unspecified atom stereocenters. The van der Waals surface area contributed by atoms with Crippen molar-refractivity contribution in [3.8, 4) is 0 Å². The number of halogens is 2. The highest BCUT2D eigenvalue weighted by atomic mass is 35.5. The van der Waals surface area contributed by atoms with E-state index in [1.54, 1.807) is 36.1 Å². The zero-order valence-corrected chi connectivity index (χ0v) is 15.2. The van der Waals surface area contributed by atoms with E-state index in [-0.39, 0.29) is 11.1 Å². The summed E-state index contributed by atoms with van der Waals surface area (Å²) in [6, 6.07) is 5.02. The smallest absolute Gasteiger partial charge is 0.277 e. The lowest BCUT2D eigenvalue weighted by atomic mass is 10.3. The lowest BCUT2D eigenvalue weighted by Gasteiger charge is -2.11. The summed E-state index contributed by atoms with van der Waals surface area (Å²) in [5.74, 6) is 0.115. The number of hydrogen-bond donors (Lipinski definition) is 1. The Balaban J connectivity index is 1.60. The number of rotatable bonds is 6. The van der Waals surface area contributed by atoms with E-state index in [2.05, 4.69) is 25.6 Å². The molecule has 0 saturated heterocycles. The van der Waals surface area contributed by atoms with Crippen molar-refractivity contribution in [3.63, 3.8) is 0 Å². The molecule has 0 aliphatic heterocycles. The molecule has 1 aromatic carbocycles. The predicted molar refractivity (Wildman–Crippen MR) is 93.8 cm³/mol. The molecule has 1 amide bonds. The van der Waals surface area contributed by atoms with Crippen LogP contribution in [0.1, 0.15) is 12.8 Å². The third-order valence-electron chi connectivity index (χ3n) is 3.07. The maximum absolute atomic E-state index is 12.3. The molecule has 3 aromatic rings. The number of nitrogens with zero attached hydrogens (tertiary/aromatic N) is 5. The maximum Gasteiger partial charge on any atom is 0.277 e. The van der Waals surface area contributed by atoms with E-state index in [1.807, 2.05) is 0 Å². The van der Waals surface area contributed by atoms with Gasteiger partial charge >= 0.3 is 0 Å². The predicted octanol–water partition coefficient (Wildman–Crippen LogP) is 3.14. The molecule has 0 spiro atoms. The maximum atomic E-state index is 12.3. The van der Waals surface area contributed by atoms with Crippen LogP contribution in [-0.4, -0.2) is 36.1 Å². The van der Waals surface area contributed by atoms with Gasteiger partial charge in [-0.05, 0) is 19.1 Å². The summed E-state index contributed by atoms with van der Waals surface area (Å²) >= 11 is 13.1. The molecular formula is C14H12Cl2N6O2S. The summed E-state index contributed by atoms with van der Waals surface area (Å²) in [7, 11) is 0. The average Bonchev–Trinajstić information content (AvgIpc) is 3.24. The summed E-state index contributed by atoms with van der Waals surface area (Å²) in [5, 5.41) is 15.0. The number of anilines is 1. The third-order valence-corrected chi connectivity index (χ3v) is 4.82. The highest BCUT2D eigenvalue weighted by Gasteiger charge is 2.19. The molecule has 0 radical (unpaired) electrons. The van der Waals surface area contributed by atoms with Crippen molar-refractivity contribution in [1.82, 2.24) is 25.0 Å².